The highest BCUT2D eigenvalue weighted by Crippen LogP contribution is 2.18. The molecule has 0 aromatic heterocycles. The predicted molar refractivity (Wildman–Crippen MR) is 26.9 cm³/mol. The van der Waals surface area contributed by atoms with Gasteiger partial charge in [-0.2, -0.15) is 0 Å². The Balaban J connectivity index is 2.69. The summed E-state index contributed by atoms with van der Waals surface area (Å²) < 4.78 is 0. The molecular formula is C6H7O2-. The van der Waals surface area contributed by atoms with Crippen LogP contribution in [0.25, 0.3) is 0 Å². The Morgan fingerprint density at radius 2 is 2.25 bits per heavy atom. The van der Waals surface area contributed by atoms with Crippen molar-refractivity contribution < 1.29 is 9.90 Å². The van der Waals surface area contributed by atoms with Gasteiger partial charge >= 0.3 is 0 Å². The number of carbonyl (C=O) groups is 1. The summed E-state index contributed by atoms with van der Waals surface area (Å²) in [6, 6.07) is 0. The highest BCUT2D eigenvalue weighted by molar-refractivity contribution is 5.96. The van der Waals surface area contributed by atoms with Crippen LogP contribution in [0.2, 0.25) is 0 Å². The summed E-state index contributed by atoms with van der Waals surface area (Å²) in [6.07, 6.45) is 2.82. The van der Waals surface area contributed by atoms with E-state index in [1.807, 2.05) is 0 Å². The Labute approximate surface area is 47.8 Å². The van der Waals surface area contributed by atoms with Crippen molar-refractivity contribution in [2.75, 3.05) is 0 Å². The van der Waals surface area contributed by atoms with Gasteiger partial charge in [-0.25, -0.2) is 0 Å². The van der Waals surface area contributed by atoms with Gasteiger partial charge < -0.3 is 5.11 Å². The summed E-state index contributed by atoms with van der Waals surface area (Å²) in [4.78, 5) is 10.5. The number of ketones is 1. The average molecular weight is 111 g/mol. The van der Waals surface area contributed by atoms with Gasteiger partial charge in [0.05, 0.1) is 0 Å². The van der Waals surface area contributed by atoms with Crippen molar-refractivity contribution in [2.24, 2.45) is 0 Å². The molecule has 8 heavy (non-hydrogen) atoms. The molecule has 0 aromatic carbocycles. The van der Waals surface area contributed by atoms with Crippen LogP contribution in [0.4, 0.5) is 0 Å². The molecule has 0 heterocycles. The molecule has 2 nitrogen and oxygen atoms in total. The maximum Gasteiger partial charge on any atom is 0.157 e. The minimum absolute atomic E-state index is 0.0417. The van der Waals surface area contributed by atoms with Gasteiger partial charge in [-0.3, -0.25) is 4.79 Å². The summed E-state index contributed by atoms with van der Waals surface area (Å²) in [7, 11) is 0. The van der Waals surface area contributed by atoms with Crippen molar-refractivity contribution in [1.82, 2.24) is 0 Å². The second-order valence-electron chi connectivity index (χ2n) is 1.92. The van der Waals surface area contributed by atoms with Gasteiger partial charge in [0.25, 0.3) is 0 Å². The summed E-state index contributed by atoms with van der Waals surface area (Å²) in [5.41, 5.74) is 0.477. The smallest absolute Gasteiger partial charge is 0.157 e. The maximum atomic E-state index is 10.5. The molecule has 0 unspecified atom stereocenters. The first-order valence-electron chi connectivity index (χ1n) is 2.69. The third-order valence-electron chi connectivity index (χ3n) is 1.35. The van der Waals surface area contributed by atoms with E-state index in [9.17, 15) is 9.90 Å². The third kappa shape index (κ3) is 0.735. The zero-order valence-electron chi connectivity index (χ0n) is 4.52. The fraction of sp³-hybridized carbons (Fsp3) is 0.500. The molecule has 44 valence electrons. The minimum atomic E-state index is 0.0417. The Morgan fingerprint density at radius 1 is 1.50 bits per heavy atom. The standard InChI is InChI=1S/C6H8O2/c7-4-5-2-1-3-6(5)8/h4,7H,1-3H2/p-1/b5-4-. The zero-order chi connectivity index (χ0) is 5.98. The van der Waals surface area contributed by atoms with Crippen LogP contribution in [-0.2, 0) is 4.79 Å². The van der Waals surface area contributed by atoms with E-state index in [0.29, 0.717) is 24.7 Å². The largest absolute Gasteiger partial charge is 0.878 e. The van der Waals surface area contributed by atoms with Crippen molar-refractivity contribution in [3.05, 3.63) is 11.8 Å². The molecule has 1 aliphatic rings. The second kappa shape index (κ2) is 1.99. The monoisotopic (exact) mass is 111 g/mol. The van der Waals surface area contributed by atoms with Crippen LogP contribution < -0.4 is 5.11 Å². The lowest BCUT2D eigenvalue weighted by Crippen LogP contribution is -1.97. The van der Waals surface area contributed by atoms with Gasteiger partial charge in [0.15, 0.2) is 5.78 Å². The highest BCUT2D eigenvalue weighted by atomic mass is 16.2. The van der Waals surface area contributed by atoms with Crippen LogP contribution in [0.3, 0.4) is 0 Å². The molecule has 0 saturated heterocycles. The Hall–Kier alpha value is -0.790. The first-order chi connectivity index (χ1) is 3.84. The summed E-state index contributed by atoms with van der Waals surface area (Å²) in [5, 5.41) is 9.96. The van der Waals surface area contributed by atoms with E-state index < -0.39 is 0 Å². The SMILES string of the molecule is O=C1CCC/C1=C/[O-]. The second-order valence-corrected chi connectivity index (χ2v) is 1.92. The molecule has 0 N–H and O–H groups in total. The molecule has 0 bridgehead atoms. The number of hydrogen-bond donors (Lipinski definition) is 0. The predicted octanol–water partition coefficient (Wildman–Crippen LogP) is -0.0164. The third-order valence-corrected chi connectivity index (χ3v) is 1.35. The Bertz CT molecular complexity index is 135. The normalized spacial score (nSPS) is 25.0. The van der Waals surface area contributed by atoms with Gasteiger partial charge in [0.2, 0.25) is 0 Å². The molecular weight excluding hydrogens is 104 g/mol. The number of hydrogen-bond acceptors (Lipinski definition) is 2. The summed E-state index contributed by atoms with van der Waals surface area (Å²) in [6.45, 7) is 0. The van der Waals surface area contributed by atoms with E-state index in [1.165, 1.54) is 0 Å². The van der Waals surface area contributed by atoms with Crippen molar-refractivity contribution in [3.8, 4) is 0 Å². The van der Waals surface area contributed by atoms with Crippen molar-refractivity contribution in [3.63, 3.8) is 0 Å². The number of allylic oxidation sites excluding steroid dienone is 1. The van der Waals surface area contributed by atoms with Crippen LogP contribution in [-0.4, -0.2) is 5.78 Å². The molecule has 0 aliphatic heterocycles. The van der Waals surface area contributed by atoms with E-state index >= 15 is 0 Å². The number of carbonyl (C=O) groups excluding carboxylic acids is 1. The lowest BCUT2D eigenvalue weighted by atomic mass is 10.2. The lowest BCUT2D eigenvalue weighted by molar-refractivity contribution is -0.276. The summed E-state index contributed by atoms with van der Waals surface area (Å²) >= 11 is 0. The van der Waals surface area contributed by atoms with Crippen molar-refractivity contribution in [1.29, 1.82) is 0 Å². The van der Waals surface area contributed by atoms with Crippen molar-refractivity contribution >= 4 is 5.78 Å². The Morgan fingerprint density at radius 3 is 2.50 bits per heavy atom. The number of rotatable bonds is 0. The van der Waals surface area contributed by atoms with Gasteiger partial charge in [0, 0.05) is 6.42 Å². The highest BCUT2D eigenvalue weighted by Gasteiger charge is 2.13. The molecule has 1 aliphatic carbocycles. The quantitative estimate of drug-likeness (QED) is 0.325. The molecule has 0 amide bonds. The van der Waals surface area contributed by atoms with E-state index in [0.717, 1.165) is 6.42 Å². The summed E-state index contributed by atoms with van der Waals surface area (Å²) in [5.74, 6) is 0.0417. The molecule has 0 radical (unpaired) electrons. The van der Waals surface area contributed by atoms with Crippen LogP contribution in [0.15, 0.2) is 11.8 Å². The topological polar surface area (TPSA) is 40.1 Å². The van der Waals surface area contributed by atoms with E-state index in [-0.39, 0.29) is 5.78 Å². The molecule has 1 fully saturated rings. The molecule has 0 aromatic rings. The van der Waals surface area contributed by atoms with Gasteiger partial charge in [-0.05, 0) is 18.4 Å². The number of Topliss-reactive ketones (excluding diaryl/α,β-unsaturated/α-hetero) is 1. The van der Waals surface area contributed by atoms with Crippen LogP contribution in [0.5, 0.6) is 0 Å². The molecule has 0 spiro atoms. The molecule has 1 rings (SSSR count). The van der Waals surface area contributed by atoms with Gasteiger partial charge in [0.1, 0.15) is 0 Å². The minimum Gasteiger partial charge on any atom is -0.878 e. The maximum absolute atomic E-state index is 10.5. The Kier molecular flexibility index (Phi) is 1.33. The van der Waals surface area contributed by atoms with E-state index in [1.54, 1.807) is 0 Å². The van der Waals surface area contributed by atoms with Crippen LogP contribution >= 0.6 is 0 Å². The lowest BCUT2D eigenvalue weighted by Gasteiger charge is -1.94. The molecule has 0 atom stereocenters. The van der Waals surface area contributed by atoms with Crippen LogP contribution in [0.1, 0.15) is 19.3 Å². The first-order valence-corrected chi connectivity index (χ1v) is 2.69. The van der Waals surface area contributed by atoms with Crippen LogP contribution in [0, 0.1) is 0 Å². The van der Waals surface area contributed by atoms with E-state index in [2.05, 4.69) is 0 Å². The fourth-order valence-electron chi connectivity index (χ4n) is 0.864. The molecule has 1 saturated carbocycles. The first kappa shape index (κ1) is 5.35. The fourth-order valence-corrected chi connectivity index (χ4v) is 0.864. The average Bonchev–Trinajstić information content (AvgIpc) is 2.14. The van der Waals surface area contributed by atoms with Gasteiger partial charge in [-0.15, -0.1) is 6.26 Å². The zero-order valence-corrected chi connectivity index (χ0v) is 4.52. The van der Waals surface area contributed by atoms with E-state index in [4.69, 9.17) is 0 Å². The van der Waals surface area contributed by atoms with Gasteiger partial charge in [-0.1, -0.05) is 0 Å². The van der Waals surface area contributed by atoms with Crippen molar-refractivity contribution in [2.45, 2.75) is 19.3 Å². The molecule has 2 heteroatoms.